The quantitative estimate of drug-likeness (QED) is 0.728. The normalized spacial score (nSPS) is 10.4. The number of benzene rings is 1. The van der Waals surface area contributed by atoms with E-state index in [1.807, 2.05) is 6.92 Å². The number of hydrogen-bond donors (Lipinski definition) is 2. The second kappa shape index (κ2) is 9.33. The minimum absolute atomic E-state index is 0.0517. The number of carbonyl (C=O) groups excluding carboxylic acids is 2. The minimum Gasteiger partial charge on any atom is -0.495 e. The fourth-order valence-corrected chi connectivity index (χ4v) is 3.11. The first-order valence-corrected chi connectivity index (χ1v) is 8.97. The molecule has 9 heteroatoms. The van der Waals surface area contributed by atoms with Gasteiger partial charge in [0.25, 0.3) is 0 Å². The molecule has 0 radical (unpaired) electrons. The summed E-state index contributed by atoms with van der Waals surface area (Å²) in [6.07, 6.45) is 1.91. The Morgan fingerprint density at radius 2 is 1.92 bits per heavy atom. The molecule has 0 saturated heterocycles. The third-order valence-corrected chi connectivity index (χ3v) is 4.39. The Morgan fingerprint density at radius 3 is 2.56 bits per heavy atom. The van der Waals surface area contributed by atoms with E-state index < -0.39 is 0 Å². The molecule has 1 aromatic carbocycles. The zero-order valence-corrected chi connectivity index (χ0v) is 15.5. The number of methoxy groups -OCH3 is 1. The summed E-state index contributed by atoms with van der Waals surface area (Å²) in [7, 11) is 1.52. The molecule has 2 amide bonds. The van der Waals surface area contributed by atoms with E-state index in [-0.39, 0.29) is 24.7 Å². The van der Waals surface area contributed by atoms with Gasteiger partial charge in [-0.1, -0.05) is 29.9 Å². The number of ether oxygens (including phenoxy) is 1. The lowest BCUT2D eigenvalue weighted by molar-refractivity contribution is -0.121. The van der Waals surface area contributed by atoms with Gasteiger partial charge in [0, 0.05) is 24.9 Å². The van der Waals surface area contributed by atoms with Gasteiger partial charge in [-0.3, -0.25) is 9.59 Å². The maximum absolute atomic E-state index is 11.9. The molecule has 0 fully saturated rings. The number of carbonyl (C=O) groups is 2. The minimum atomic E-state index is -0.277. The number of aryl methyl sites for hydroxylation is 1. The van der Waals surface area contributed by atoms with E-state index in [1.54, 1.807) is 18.2 Å². The monoisotopic (exact) mass is 382 g/mol. The third-order valence-electron chi connectivity index (χ3n) is 3.19. The van der Waals surface area contributed by atoms with Crippen LogP contribution in [0.4, 0.5) is 10.8 Å². The van der Waals surface area contributed by atoms with Gasteiger partial charge in [-0.25, -0.2) is 0 Å². The molecule has 2 N–H and O–H groups in total. The smallest absolute Gasteiger partial charge is 0.226 e. The first kappa shape index (κ1) is 19.1. The van der Waals surface area contributed by atoms with Crippen LogP contribution >= 0.6 is 22.9 Å². The van der Waals surface area contributed by atoms with Crippen molar-refractivity contribution < 1.29 is 14.3 Å². The Hall–Kier alpha value is -2.19. The molecule has 0 unspecified atom stereocenters. The number of nitrogens with one attached hydrogen (secondary N) is 2. The molecule has 1 aromatic heterocycles. The zero-order chi connectivity index (χ0) is 18.2. The predicted octanol–water partition coefficient (Wildman–Crippen LogP) is 3.51. The third kappa shape index (κ3) is 5.99. The molecule has 0 spiro atoms. The van der Waals surface area contributed by atoms with E-state index in [0.717, 1.165) is 17.8 Å². The van der Waals surface area contributed by atoms with Crippen LogP contribution in [0.1, 0.15) is 31.2 Å². The Balaban J connectivity index is 1.78. The number of rotatable bonds is 8. The summed E-state index contributed by atoms with van der Waals surface area (Å²) in [4.78, 5) is 23.8. The Labute approximate surface area is 154 Å². The van der Waals surface area contributed by atoms with Crippen LogP contribution in [0, 0.1) is 0 Å². The molecule has 0 aliphatic carbocycles. The Morgan fingerprint density at radius 1 is 1.20 bits per heavy atom. The molecular formula is C16H19ClN4O3S. The van der Waals surface area contributed by atoms with E-state index >= 15 is 0 Å². The van der Waals surface area contributed by atoms with E-state index in [0.29, 0.717) is 21.6 Å². The van der Waals surface area contributed by atoms with E-state index in [9.17, 15) is 9.59 Å². The van der Waals surface area contributed by atoms with Gasteiger partial charge in [0.1, 0.15) is 10.8 Å². The van der Waals surface area contributed by atoms with Crippen molar-refractivity contribution >= 4 is 45.6 Å². The van der Waals surface area contributed by atoms with Crippen LogP contribution in [-0.4, -0.2) is 29.1 Å². The van der Waals surface area contributed by atoms with Crippen LogP contribution in [0.15, 0.2) is 18.2 Å². The number of anilines is 2. The van der Waals surface area contributed by atoms with E-state index in [4.69, 9.17) is 16.3 Å². The lowest BCUT2D eigenvalue weighted by Crippen LogP contribution is -2.17. The fraction of sp³-hybridized carbons (Fsp3) is 0.375. The van der Waals surface area contributed by atoms with Crippen molar-refractivity contribution in [1.82, 2.24) is 10.2 Å². The van der Waals surface area contributed by atoms with E-state index in [1.165, 1.54) is 18.4 Å². The van der Waals surface area contributed by atoms with Crippen molar-refractivity contribution in [1.29, 1.82) is 0 Å². The number of nitrogens with zero attached hydrogens (tertiary/aromatic N) is 2. The number of aromatic nitrogens is 2. The highest BCUT2D eigenvalue weighted by atomic mass is 35.5. The molecule has 1 heterocycles. The molecule has 0 aliphatic rings. The standard InChI is InChI=1S/C16H19ClN4O3S/c1-3-4-15-20-21-16(25-15)19-14(23)8-7-13(22)18-10-5-6-12(24-2)11(17)9-10/h5-6,9H,3-4,7-8H2,1-2H3,(H,18,22)(H,19,21,23). The second-order valence-electron chi connectivity index (χ2n) is 5.20. The van der Waals surface area contributed by atoms with Crippen molar-refractivity contribution in [3.8, 4) is 5.75 Å². The molecule has 0 aliphatic heterocycles. The highest BCUT2D eigenvalue weighted by Crippen LogP contribution is 2.27. The van der Waals surface area contributed by atoms with E-state index in [2.05, 4.69) is 20.8 Å². The fourth-order valence-electron chi connectivity index (χ4n) is 2.00. The molecule has 2 aromatic rings. The summed E-state index contributed by atoms with van der Waals surface area (Å²) in [6, 6.07) is 4.93. The van der Waals surface area contributed by atoms with Crippen molar-refractivity contribution in [2.75, 3.05) is 17.7 Å². The maximum Gasteiger partial charge on any atom is 0.226 e. The first-order valence-electron chi connectivity index (χ1n) is 7.77. The second-order valence-corrected chi connectivity index (χ2v) is 6.67. The van der Waals surface area contributed by atoms with Gasteiger partial charge in [0.2, 0.25) is 16.9 Å². The summed E-state index contributed by atoms with van der Waals surface area (Å²) in [5, 5.41) is 15.0. The molecule has 0 saturated carbocycles. The molecule has 134 valence electrons. The summed E-state index contributed by atoms with van der Waals surface area (Å²) < 4.78 is 5.05. The van der Waals surface area contributed by atoms with Gasteiger partial charge in [-0.15, -0.1) is 10.2 Å². The van der Waals surface area contributed by atoms with Crippen molar-refractivity contribution in [3.05, 3.63) is 28.2 Å². The lowest BCUT2D eigenvalue weighted by atomic mass is 10.2. The zero-order valence-electron chi connectivity index (χ0n) is 14.0. The van der Waals surface area contributed by atoms with Gasteiger partial charge in [-0.2, -0.15) is 0 Å². The molecule has 25 heavy (non-hydrogen) atoms. The van der Waals surface area contributed by atoms with Gasteiger partial charge in [-0.05, 0) is 24.6 Å². The Bertz CT molecular complexity index is 751. The number of halogens is 1. The number of amides is 2. The molecular weight excluding hydrogens is 364 g/mol. The van der Waals surface area contributed by atoms with Crippen molar-refractivity contribution in [3.63, 3.8) is 0 Å². The summed E-state index contributed by atoms with van der Waals surface area (Å²) in [6.45, 7) is 2.05. The van der Waals surface area contributed by atoms with Gasteiger partial charge < -0.3 is 15.4 Å². The van der Waals surface area contributed by atoms with Crippen LogP contribution < -0.4 is 15.4 Å². The van der Waals surface area contributed by atoms with Gasteiger partial charge in [0.15, 0.2) is 0 Å². The van der Waals surface area contributed by atoms with Crippen molar-refractivity contribution in [2.45, 2.75) is 32.6 Å². The largest absolute Gasteiger partial charge is 0.495 e. The molecule has 7 nitrogen and oxygen atoms in total. The summed E-state index contributed by atoms with van der Waals surface area (Å²) in [5.41, 5.74) is 0.546. The van der Waals surface area contributed by atoms with Crippen LogP contribution in [0.25, 0.3) is 0 Å². The highest BCUT2D eigenvalue weighted by Gasteiger charge is 2.11. The van der Waals surface area contributed by atoms with Crippen molar-refractivity contribution in [2.24, 2.45) is 0 Å². The molecule has 0 bridgehead atoms. The van der Waals surface area contributed by atoms with Crippen LogP contribution in [0.5, 0.6) is 5.75 Å². The topological polar surface area (TPSA) is 93.2 Å². The first-order chi connectivity index (χ1) is 12.0. The number of hydrogen-bond acceptors (Lipinski definition) is 6. The predicted molar refractivity (Wildman–Crippen MR) is 98.4 cm³/mol. The van der Waals surface area contributed by atoms with Gasteiger partial charge in [0.05, 0.1) is 12.1 Å². The average Bonchev–Trinajstić information content (AvgIpc) is 3.00. The average molecular weight is 383 g/mol. The molecule has 0 atom stereocenters. The SMILES string of the molecule is CCCc1nnc(NC(=O)CCC(=O)Nc2ccc(OC)c(Cl)c2)s1. The van der Waals surface area contributed by atoms with Crippen LogP contribution in [0.2, 0.25) is 5.02 Å². The van der Waals surface area contributed by atoms with Gasteiger partial charge >= 0.3 is 0 Å². The van der Waals surface area contributed by atoms with Crippen LogP contribution in [-0.2, 0) is 16.0 Å². The lowest BCUT2D eigenvalue weighted by Gasteiger charge is -2.08. The highest BCUT2D eigenvalue weighted by molar-refractivity contribution is 7.15. The maximum atomic E-state index is 11.9. The Kier molecular flexibility index (Phi) is 7.15. The van der Waals surface area contributed by atoms with Crippen LogP contribution in [0.3, 0.4) is 0 Å². The summed E-state index contributed by atoms with van der Waals surface area (Å²) >= 11 is 7.35. The molecule has 2 rings (SSSR count). The summed E-state index contributed by atoms with van der Waals surface area (Å²) in [5.74, 6) is -0.0269.